The van der Waals surface area contributed by atoms with Crippen molar-refractivity contribution in [1.29, 1.82) is 0 Å². The van der Waals surface area contributed by atoms with Crippen molar-refractivity contribution in [2.45, 2.75) is 506 Å². The van der Waals surface area contributed by atoms with E-state index in [0.29, 0.717) is 10.8 Å². The lowest BCUT2D eigenvalue weighted by Crippen LogP contribution is -2.26. The van der Waals surface area contributed by atoms with E-state index in [-0.39, 0.29) is 0 Å². The highest BCUT2D eigenvalue weighted by atomic mass is 28.3. The Hall–Kier alpha value is -2.38. The lowest BCUT2D eigenvalue weighted by Gasteiger charge is -2.30. The van der Waals surface area contributed by atoms with Crippen molar-refractivity contribution in [3.05, 3.63) is 119 Å². The van der Waals surface area contributed by atoms with E-state index in [1.165, 1.54) is 141 Å². The molecule has 18 aliphatic carbocycles. The molecule has 0 saturated heterocycles. The van der Waals surface area contributed by atoms with Crippen LogP contribution in [0.15, 0.2) is 119 Å². The van der Waals surface area contributed by atoms with Crippen molar-refractivity contribution >= 4 is 8.07 Å². The van der Waals surface area contributed by atoms with Crippen LogP contribution in [0.25, 0.3) is 0 Å². The van der Waals surface area contributed by atoms with Crippen molar-refractivity contribution in [3.8, 4) is 0 Å². The minimum absolute atomic E-state index is 0.495. The SMILES string of the molecule is CC(C)(C)CC1CCC2C=C3CCCC3=CC21.CC(C)(C)CC1CCC2C=CC=CC21.CC(C)C.CC(C)C.CC(C)C.CC(C)C.CC(C)C.CC(C)CC1CCC2C=C3CCCC3=CC21.CC1C(C)C(C)C(C)C1C.CC1C(C)C(C)C(C)C1C.CC1C(C)C(C)C(C)C1C.CC1C(C)C(C)C(C)C1C.CC1C(C)C(C)C(C)C1C.CC1CCC2C=CC=CC12.C[Si](C)(C)CC1CCC2C=C3CCCC3=CC21. The summed E-state index contributed by atoms with van der Waals surface area (Å²) in [5.41, 5.74) is 11.3. The zero-order chi connectivity index (χ0) is 110. The second kappa shape index (κ2) is 63.0. The summed E-state index contributed by atoms with van der Waals surface area (Å²) in [6.45, 7) is 121. The third kappa shape index (κ3) is 43.1. The first-order valence-corrected chi connectivity index (χ1v) is 67.3. The minimum Gasteiger partial charge on any atom is -0.0808 e. The Kier molecular flexibility index (Phi) is 58.6. The quantitative estimate of drug-likeness (QED) is 0.233. The third-order valence-corrected chi connectivity index (χ3v) is 43.6. The predicted octanol–water partition coefficient (Wildman–Crippen LogP) is 46.0. The summed E-state index contributed by atoms with van der Waals surface area (Å²) in [7, 11) is -0.882. The molecule has 0 spiro atoms. The fraction of sp³-hybridized carbons (Fsp3) is 0.860. The zero-order valence-corrected chi connectivity index (χ0v) is 108. The Bertz CT molecular complexity index is 3320. The molecule has 13 saturated carbocycles. The maximum atomic E-state index is 2.70. The standard InChI is InChI=1S/C17H26.C16H26Si.C16H24.C14H22.C10H14.5C10H20.5C4H10/c2*1-17(2,3)11-15-8-7-14-9-12-5-4-6-13(12)10-16(14)15;1-11(2)8-14-6-7-15-9-12-4-3-5-13(12)10-16(14)15;1-14(2,3)10-12-9-8-11-6-4-5-7-13(11)12;1-8-6-7-9-4-2-3-5-10(8)9;5*1-6-7(2)9(4)10(5)8(6)3;5*1-4(2)3/h2*9-10,14-16H,4-8,11H2,1-3H3;9-11,14-16H,3-8H2,1-2H3;4-7,11-13H,8-10H2,1-3H3;2-5,8-10H,6-7H2,1H3;5*6-10H,1-5H3;5*4H,1-3H3. The molecule has 0 radical (unpaired) electrons. The van der Waals surface area contributed by atoms with Crippen LogP contribution in [0.4, 0.5) is 0 Å². The third-order valence-electron chi connectivity index (χ3n) is 41.8. The molecule has 13 fully saturated rings. The first-order valence-electron chi connectivity index (χ1n) is 63.6. The minimum atomic E-state index is -0.882. The van der Waals surface area contributed by atoms with Gasteiger partial charge in [-0.2, -0.15) is 0 Å². The summed E-state index contributed by atoms with van der Waals surface area (Å²) >= 11 is 0. The van der Waals surface area contributed by atoms with Gasteiger partial charge in [-0.05, 0) is 458 Å². The molecule has 0 aromatic rings. The van der Waals surface area contributed by atoms with Crippen LogP contribution in [0.1, 0.15) is 481 Å². The molecule has 0 bridgehead atoms. The van der Waals surface area contributed by atoms with Gasteiger partial charge in [-0.15, -0.1) is 0 Å². The van der Waals surface area contributed by atoms with Gasteiger partial charge < -0.3 is 0 Å². The molecule has 18 rings (SSSR count). The highest BCUT2D eigenvalue weighted by Gasteiger charge is 2.47. The van der Waals surface area contributed by atoms with Crippen LogP contribution in [0, 0.1) is 283 Å². The lowest BCUT2D eigenvalue weighted by molar-refractivity contribution is 0.261. The number of hydrogen-bond acceptors (Lipinski definition) is 0. The lowest BCUT2D eigenvalue weighted by atomic mass is 9.75. The Balaban J connectivity index is 0.000000329. The molecule has 0 amide bonds. The number of rotatable bonds is 6. The van der Waals surface area contributed by atoms with E-state index in [1.807, 2.05) is 0 Å². The van der Waals surface area contributed by atoms with E-state index in [2.05, 4.69) is 444 Å². The molecule has 0 aliphatic heterocycles. The normalized spacial score (nSPS) is 39.8. The van der Waals surface area contributed by atoms with Gasteiger partial charge in [0.05, 0.1) is 0 Å². The van der Waals surface area contributed by atoms with Crippen LogP contribution in [0.3, 0.4) is 0 Å². The molecule has 15 unspecified atom stereocenters. The van der Waals surface area contributed by atoms with E-state index in [4.69, 9.17) is 0 Å². The van der Waals surface area contributed by atoms with Crippen molar-refractivity contribution in [2.24, 2.45) is 283 Å². The van der Waals surface area contributed by atoms with Crippen molar-refractivity contribution < 1.29 is 0 Å². The molecule has 0 heterocycles. The largest absolute Gasteiger partial charge is 0.0808 e. The van der Waals surface area contributed by atoms with Crippen molar-refractivity contribution in [3.63, 3.8) is 0 Å². The van der Waals surface area contributed by atoms with E-state index < -0.39 is 8.07 Å². The molecule has 0 N–H and O–H groups in total. The summed E-state index contributed by atoms with van der Waals surface area (Å²) in [4.78, 5) is 0. The molecule has 0 aromatic heterocycles. The first kappa shape index (κ1) is 134. The van der Waals surface area contributed by atoms with Crippen LogP contribution in [-0.2, 0) is 0 Å². The fourth-order valence-corrected chi connectivity index (χ4v) is 32.0. The van der Waals surface area contributed by atoms with Gasteiger partial charge >= 0.3 is 0 Å². The molecule has 838 valence electrons. The van der Waals surface area contributed by atoms with Gasteiger partial charge in [0.1, 0.15) is 0 Å². The highest BCUT2D eigenvalue weighted by molar-refractivity contribution is 6.76. The number of allylic oxidation sites excluding steroid dienone is 20. The monoisotopic (exact) mass is 2010 g/mol. The summed E-state index contributed by atoms with van der Waals surface area (Å²) in [6, 6.07) is 1.54. The smallest absolute Gasteiger partial charge is 0.0445 e. The van der Waals surface area contributed by atoms with Crippen molar-refractivity contribution in [2.75, 3.05) is 0 Å². The molecule has 18 aliphatic rings. The highest BCUT2D eigenvalue weighted by Crippen LogP contribution is 2.56. The van der Waals surface area contributed by atoms with Crippen LogP contribution in [0.5, 0.6) is 0 Å². The average molecular weight is 2010 g/mol. The van der Waals surface area contributed by atoms with Crippen LogP contribution >= 0.6 is 0 Å². The Morgan fingerprint density at radius 3 is 0.646 bits per heavy atom. The summed E-state index contributed by atoms with van der Waals surface area (Å²) in [5.74, 6) is 42.1. The average Bonchev–Trinajstić information content (AvgIpc) is 1.64. The van der Waals surface area contributed by atoms with Crippen molar-refractivity contribution in [1.82, 2.24) is 0 Å². The van der Waals surface area contributed by atoms with Gasteiger partial charge in [0, 0.05) is 8.07 Å². The summed E-state index contributed by atoms with van der Waals surface area (Å²) < 4.78 is 0. The number of hydrogen-bond donors (Lipinski definition) is 0. The fourth-order valence-electron chi connectivity index (χ4n) is 30.0. The van der Waals surface area contributed by atoms with E-state index >= 15 is 0 Å². The molecule has 0 nitrogen and oxygen atoms in total. The maximum absolute atomic E-state index is 2.70. The maximum Gasteiger partial charge on any atom is 0.0445 e. The van der Waals surface area contributed by atoms with Gasteiger partial charge in [-0.25, -0.2) is 0 Å². The molecule has 144 heavy (non-hydrogen) atoms. The van der Waals surface area contributed by atoms with Gasteiger partial charge in [-0.1, -0.05) is 450 Å². The molecular weight excluding hydrogens is 1750 g/mol. The van der Waals surface area contributed by atoms with Crippen LogP contribution in [-0.4, -0.2) is 8.07 Å². The molecule has 15 atom stereocenters. The van der Waals surface area contributed by atoms with Gasteiger partial charge in [0.15, 0.2) is 0 Å². The van der Waals surface area contributed by atoms with E-state index in [0.717, 1.165) is 272 Å². The molecular formula is C143H262Si. The summed E-state index contributed by atoms with van der Waals surface area (Å²) in [5, 5.41) is 0. The Morgan fingerprint density at radius 1 is 0.222 bits per heavy atom. The topological polar surface area (TPSA) is 0 Å². The molecule has 1 heteroatoms. The zero-order valence-electron chi connectivity index (χ0n) is 107. The van der Waals surface area contributed by atoms with Crippen LogP contribution < -0.4 is 0 Å². The van der Waals surface area contributed by atoms with Crippen LogP contribution in [0.2, 0.25) is 25.7 Å². The Labute approximate surface area is 909 Å². The van der Waals surface area contributed by atoms with Gasteiger partial charge in [0.2, 0.25) is 0 Å². The second-order valence-electron chi connectivity index (χ2n) is 61.4. The van der Waals surface area contributed by atoms with E-state index in [1.54, 1.807) is 39.5 Å². The second-order valence-corrected chi connectivity index (χ2v) is 67.0. The first-order chi connectivity index (χ1) is 66.7. The van der Waals surface area contributed by atoms with E-state index in [9.17, 15) is 0 Å². The van der Waals surface area contributed by atoms with Gasteiger partial charge in [-0.3, -0.25) is 0 Å². The molecule has 0 aromatic carbocycles. The number of fused-ring (bicyclic) bond motifs is 8. The van der Waals surface area contributed by atoms with Gasteiger partial charge in [0.25, 0.3) is 0 Å². The predicted molar refractivity (Wildman–Crippen MR) is 658 cm³/mol. The Morgan fingerprint density at radius 2 is 0.410 bits per heavy atom. The summed E-state index contributed by atoms with van der Waals surface area (Å²) in [6.07, 6.45) is 65.5.